The summed E-state index contributed by atoms with van der Waals surface area (Å²) in [6, 6.07) is 4.21. The van der Waals surface area contributed by atoms with Crippen molar-refractivity contribution in [3.8, 4) is 5.75 Å². The average molecular weight is 265 g/mol. The molecule has 0 radical (unpaired) electrons. The van der Waals surface area contributed by atoms with E-state index in [-0.39, 0.29) is 11.9 Å². The maximum absolute atomic E-state index is 13.2. The van der Waals surface area contributed by atoms with Crippen LogP contribution in [0.25, 0.3) is 0 Å². The summed E-state index contributed by atoms with van der Waals surface area (Å²) in [5.41, 5.74) is 1.57. The van der Waals surface area contributed by atoms with Crippen molar-refractivity contribution in [2.24, 2.45) is 0 Å². The molecule has 1 aromatic carbocycles. The molecule has 2 aromatic rings. The third kappa shape index (κ3) is 2.00. The highest BCUT2D eigenvalue weighted by molar-refractivity contribution is 7.09. The highest BCUT2D eigenvalue weighted by Gasteiger charge is 2.29. The van der Waals surface area contributed by atoms with Crippen LogP contribution in [0.1, 0.15) is 34.9 Å². The zero-order chi connectivity index (χ0) is 12.7. The van der Waals surface area contributed by atoms with E-state index in [1.54, 1.807) is 6.07 Å². The Morgan fingerprint density at radius 3 is 3.06 bits per heavy atom. The molecule has 2 atom stereocenters. The SMILES string of the molecule is Cc1csc(C2CC(O)c3ccc(F)cc3O2)n1. The number of nitrogens with zero attached hydrogens (tertiary/aromatic N) is 1. The first kappa shape index (κ1) is 11.6. The molecule has 0 amide bonds. The van der Waals surface area contributed by atoms with Gasteiger partial charge >= 0.3 is 0 Å². The Kier molecular flexibility index (Phi) is 2.80. The molecule has 0 saturated heterocycles. The molecule has 1 aliphatic rings. The van der Waals surface area contributed by atoms with Crippen molar-refractivity contribution >= 4 is 11.3 Å². The van der Waals surface area contributed by atoms with Crippen LogP contribution in [-0.2, 0) is 0 Å². The van der Waals surface area contributed by atoms with Gasteiger partial charge in [0.2, 0.25) is 0 Å². The Morgan fingerprint density at radius 1 is 1.50 bits per heavy atom. The van der Waals surface area contributed by atoms with Gasteiger partial charge in [0.1, 0.15) is 16.6 Å². The second kappa shape index (κ2) is 4.33. The summed E-state index contributed by atoms with van der Waals surface area (Å²) < 4.78 is 18.9. The van der Waals surface area contributed by atoms with Gasteiger partial charge in [0.25, 0.3) is 0 Å². The molecule has 1 aliphatic heterocycles. The molecular formula is C13H12FNO2S. The molecule has 1 N–H and O–H groups in total. The first-order valence-electron chi connectivity index (χ1n) is 5.69. The minimum Gasteiger partial charge on any atom is -0.483 e. The summed E-state index contributed by atoms with van der Waals surface area (Å²) in [6.07, 6.45) is -0.484. The van der Waals surface area contributed by atoms with Gasteiger partial charge in [-0.05, 0) is 19.1 Å². The van der Waals surface area contributed by atoms with E-state index in [0.29, 0.717) is 17.7 Å². The van der Waals surface area contributed by atoms with Gasteiger partial charge in [-0.1, -0.05) is 0 Å². The molecule has 1 aromatic heterocycles. The molecular weight excluding hydrogens is 253 g/mol. The predicted molar refractivity (Wildman–Crippen MR) is 66.2 cm³/mol. The number of hydrogen-bond acceptors (Lipinski definition) is 4. The minimum atomic E-state index is -0.636. The second-order valence-corrected chi connectivity index (χ2v) is 5.26. The van der Waals surface area contributed by atoms with Crippen LogP contribution in [0.15, 0.2) is 23.6 Å². The van der Waals surface area contributed by atoms with E-state index in [1.807, 2.05) is 12.3 Å². The monoisotopic (exact) mass is 265 g/mol. The maximum Gasteiger partial charge on any atom is 0.153 e. The Hall–Kier alpha value is -1.46. The summed E-state index contributed by atoms with van der Waals surface area (Å²) in [4.78, 5) is 4.35. The Balaban J connectivity index is 1.95. The molecule has 18 heavy (non-hydrogen) atoms. The number of thiazole rings is 1. The number of aryl methyl sites for hydroxylation is 1. The van der Waals surface area contributed by atoms with Crippen molar-refractivity contribution in [3.63, 3.8) is 0 Å². The van der Waals surface area contributed by atoms with Crippen LogP contribution in [0.3, 0.4) is 0 Å². The first-order chi connectivity index (χ1) is 8.63. The largest absolute Gasteiger partial charge is 0.483 e. The zero-order valence-electron chi connectivity index (χ0n) is 9.76. The number of aliphatic hydroxyl groups excluding tert-OH is 1. The van der Waals surface area contributed by atoms with Gasteiger partial charge in [-0.2, -0.15) is 0 Å². The number of aromatic nitrogens is 1. The second-order valence-electron chi connectivity index (χ2n) is 4.37. The van der Waals surface area contributed by atoms with Crippen molar-refractivity contribution in [1.82, 2.24) is 4.98 Å². The topological polar surface area (TPSA) is 42.4 Å². The Labute approximate surface area is 108 Å². The van der Waals surface area contributed by atoms with E-state index in [4.69, 9.17) is 4.74 Å². The molecule has 94 valence electrons. The maximum atomic E-state index is 13.2. The fourth-order valence-electron chi connectivity index (χ4n) is 2.09. The lowest BCUT2D eigenvalue weighted by atomic mass is 9.99. The van der Waals surface area contributed by atoms with E-state index in [2.05, 4.69) is 4.98 Å². The highest BCUT2D eigenvalue weighted by Crippen LogP contribution is 2.41. The predicted octanol–water partition coefficient (Wildman–Crippen LogP) is 3.15. The lowest BCUT2D eigenvalue weighted by Crippen LogP contribution is -2.19. The van der Waals surface area contributed by atoms with Crippen molar-refractivity contribution in [2.45, 2.75) is 25.6 Å². The van der Waals surface area contributed by atoms with Crippen LogP contribution in [0.4, 0.5) is 4.39 Å². The van der Waals surface area contributed by atoms with Crippen LogP contribution in [0.2, 0.25) is 0 Å². The molecule has 2 unspecified atom stereocenters. The van der Waals surface area contributed by atoms with Crippen molar-refractivity contribution in [3.05, 3.63) is 45.7 Å². The van der Waals surface area contributed by atoms with Crippen LogP contribution in [0, 0.1) is 12.7 Å². The summed E-state index contributed by atoms with van der Waals surface area (Å²) in [6.45, 7) is 1.91. The molecule has 0 bridgehead atoms. The number of hydrogen-bond donors (Lipinski definition) is 1. The molecule has 3 nitrogen and oxygen atoms in total. The number of halogens is 1. The Morgan fingerprint density at radius 2 is 2.33 bits per heavy atom. The van der Waals surface area contributed by atoms with E-state index in [0.717, 1.165) is 10.7 Å². The summed E-state index contributed by atoms with van der Waals surface area (Å²) >= 11 is 1.50. The van der Waals surface area contributed by atoms with Crippen LogP contribution >= 0.6 is 11.3 Å². The number of fused-ring (bicyclic) bond motifs is 1. The fraction of sp³-hybridized carbons (Fsp3) is 0.308. The van der Waals surface area contributed by atoms with E-state index < -0.39 is 6.10 Å². The van der Waals surface area contributed by atoms with Crippen LogP contribution in [-0.4, -0.2) is 10.1 Å². The molecule has 5 heteroatoms. The van der Waals surface area contributed by atoms with Gasteiger partial charge in [-0.15, -0.1) is 11.3 Å². The van der Waals surface area contributed by atoms with Crippen LogP contribution in [0.5, 0.6) is 5.75 Å². The lowest BCUT2D eigenvalue weighted by molar-refractivity contribution is 0.0652. The van der Waals surface area contributed by atoms with Crippen molar-refractivity contribution < 1.29 is 14.2 Å². The standard InChI is InChI=1S/C13H12FNO2S/c1-7-6-18-13(15-7)12-5-10(16)9-3-2-8(14)4-11(9)17-12/h2-4,6,10,12,16H,5H2,1H3. The quantitative estimate of drug-likeness (QED) is 0.861. The summed E-state index contributed by atoms with van der Waals surface area (Å²) in [5.74, 6) is 0.0449. The van der Waals surface area contributed by atoms with Crippen LogP contribution < -0.4 is 4.74 Å². The fourth-order valence-corrected chi connectivity index (χ4v) is 2.92. The number of ether oxygens (including phenoxy) is 1. The minimum absolute atomic E-state index is 0.298. The third-order valence-corrected chi connectivity index (χ3v) is 4.01. The van der Waals surface area contributed by atoms with E-state index in [9.17, 15) is 9.50 Å². The van der Waals surface area contributed by atoms with Gasteiger partial charge in [0.15, 0.2) is 6.10 Å². The van der Waals surface area contributed by atoms with Gasteiger partial charge in [0.05, 0.1) is 6.10 Å². The molecule has 2 heterocycles. The first-order valence-corrected chi connectivity index (χ1v) is 6.57. The Bertz CT molecular complexity index is 584. The third-order valence-electron chi connectivity index (χ3n) is 2.95. The van der Waals surface area contributed by atoms with Crippen molar-refractivity contribution in [1.29, 1.82) is 0 Å². The molecule has 0 spiro atoms. The van der Waals surface area contributed by atoms with Crippen molar-refractivity contribution in [2.75, 3.05) is 0 Å². The van der Waals surface area contributed by atoms with E-state index in [1.165, 1.54) is 23.5 Å². The number of rotatable bonds is 1. The number of aliphatic hydroxyl groups is 1. The molecule has 0 saturated carbocycles. The van der Waals surface area contributed by atoms with Gasteiger partial charge in [-0.3, -0.25) is 0 Å². The highest BCUT2D eigenvalue weighted by atomic mass is 32.1. The van der Waals surface area contributed by atoms with Gasteiger partial charge in [0, 0.05) is 29.1 Å². The van der Waals surface area contributed by atoms with E-state index >= 15 is 0 Å². The van der Waals surface area contributed by atoms with Gasteiger partial charge < -0.3 is 9.84 Å². The average Bonchev–Trinajstić information content (AvgIpc) is 2.75. The normalized spacial score (nSPS) is 22.4. The number of benzene rings is 1. The smallest absolute Gasteiger partial charge is 0.153 e. The summed E-state index contributed by atoms with van der Waals surface area (Å²) in [7, 11) is 0. The molecule has 0 fully saturated rings. The molecule has 3 rings (SSSR count). The molecule has 0 aliphatic carbocycles. The van der Waals surface area contributed by atoms with Gasteiger partial charge in [-0.25, -0.2) is 9.37 Å². The lowest BCUT2D eigenvalue weighted by Gasteiger charge is -2.28. The summed E-state index contributed by atoms with van der Waals surface area (Å²) in [5, 5.41) is 12.8. The zero-order valence-corrected chi connectivity index (χ0v) is 10.6.